The third kappa shape index (κ3) is 9.58. The molecule has 7 nitrogen and oxygen atoms in total. The maximum absolute atomic E-state index is 16.5. The van der Waals surface area contributed by atoms with Gasteiger partial charge in [-0.25, -0.2) is 13.8 Å². The predicted molar refractivity (Wildman–Crippen MR) is 188 cm³/mol. The van der Waals surface area contributed by atoms with Crippen LogP contribution < -0.4 is 5.56 Å². The molecule has 1 fully saturated rings. The maximum Gasteiger partial charge on any atom is 0.416 e. The molecule has 12 heteroatoms. The fraction of sp³-hybridized carbons (Fsp3) is 0.487. The zero-order valence-electron chi connectivity index (χ0n) is 30.1. The molecule has 1 aromatic heterocycles. The van der Waals surface area contributed by atoms with Gasteiger partial charge in [-0.3, -0.25) is 14.4 Å². The number of carboxylic acid groups (broad SMARTS) is 1. The minimum atomic E-state index is -4.80. The van der Waals surface area contributed by atoms with Gasteiger partial charge in [-0.2, -0.15) is 13.2 Å². The van der Waals surface area contributed by atoms with Crippen molar-refractivity contribution in [1.82, 2.24) is 9.47 Å². The molecule has 0 saturated heterocycles. The van der Waals surface area contributed by atoms with E-state index in [1.165, 1.54) is 13.0 Å². The lowest BCUT2D eigenvalue weighted by Gasteiger charge is -2.22. The van der Waals surface area contributed by atoms with E-state index in [9.17, 15) is 32.7 Å². The highest BCUT2D eigenvalue weighted by atomic mass is 19.4. The van der Waals surface area contributed by atoms with Gasteiger partial charge in [0, 0.05) is 35.5 Å². The summed E-state index contributed by atoms with van der Waals surface area (Å²) in [7, 11) is 3.56. The van der Waals surface area contributed by atoms with Crippen molar-refractivity contribution < 1.29 is 36.6 Å². The molecule has 0 aliphatic heterocycles. The molecule has 1 aliphatic rings. The van der Waals surface area contributed by atoms with E-state index in [4.69, 9.17) is 0 Å². The van der Waals surface area contributed by atoms with Crippen LogP contribution in [0.5, 0.6) is 0 Å². The summed E-state index contributed by atoms with van der Waals surface area (Å²) in [5.74, 6) is -5.62. The maximum atomic E-state index is 16.5. The van der Waals surface area contributed by atoms with Gasteiger partial charge in [0.1, 0.15) is 17.7 Å². The van der Waals surface area contributed by atoms with E-state index in [1.807, 2.05) is 30.9 Å². The van der Waals surface area contributed by atoms with Gasteiger partial charge in [0.15, 0.2) is 0 Å². The summed E-state index contributed by atoms with van der Waals surface area (Å²) < 4.78 is 75.1. The van der Waals surface area contributed by atoms with Crippen LogP contribution in [0.15, 0.2) is 40.2 Å². The number of benzene rings is 2. The summed E-state index contributed by atoms with van der Waals surface area (Å²) in [4.78, 5) is 44.6. The van der Waals surface area contributed by atoms with Crippen LogP contribution in [0.3, 0.4) is 0 Å². The first-order valence-corrected chi connectivity index (χ1v) is 17.2. The average molecular weight is 716 g/mol. The SMILES string of the molecule is Cc1cc(-c2c(C)cc(C3CC3)cc2C)c(F)c(C(C=NC(=O)C(CC(C)C)n2cc(CCCN(C)C)c(C(F)(F)F)cc2=O)CC(=O)O)c1F. The molecule has 0 radical (unpaired) electrons. The highest BCUT2D eigenvalue weighted by Gasteiger charge is 2.36. The molecule has 3 aromatic rings. The Labute approximate surface area is 295 Å². The van der Waals surface area contributed by atoms with Crippen LogP contribution in [-0.2, 0) is 22.2 Å². The summed E-state index contributed by atoms with van der Waals surface area (Å²) in [6, 6.07) is 4.47. The molecule has 1 aliphatic carbocycles. The van der Waals surface area contributed by atoms with Crippen molar-refractivity contribution in [1.29, 1.82) is 0 Å². The van der Waals surface area contributed by atoms with Crippen molar-refractivity contribution in [3.05, 3.63) is 91.4 Å². The largest absolute Gasteiger partial charge is 0.481 e. The highest BCUT2D eigenvalue weighted by Crippen LogP contribution is 2.44. The van der Waals surface area contributed by atoms with Gasteiger partial charge in [0.05, 0.1) is 12.0 Å². The molecule has 51 heavy (non-hydrogen) atoms. The van der Waals surface area contributed by atoms with Gasteiger partial charge >= 0.3 is 12.1 Å². The minimum Gasteiger partial charge on any atom is -0.481 e. The lowest BCUT2D eigenvalue weighted by atomic mass is 9.86. The van der Waals surface area contributed by atoms with Crippen molar-refractivity contribution in [2.45, 2.75) is 97.2 Å². The molecule has 0 spiro atoms. The van der Waals surface area contributed by atoms with Crippen molar-refractivity contribution in [3.63, 3.8) is 0 Å². The topological polar surface area (TPSA) is 92.0 Å². The van der Waals surface area contributed by atoms with Crippen LogP contribution in [0.2, 0.25) is 0 Å². The van der Waals surface area contributed by atoms with E-state index in [-0.39, 0.29) is 35.4 Å². The van der Waals surface area contributed by atoms with Crippen molar-refractivity contribution in [2.75, 3.05) is 20.6 Å². The number of amides is 1. The molecule has 1 N–H and O–H groups in total. The van der Waals surface area contributed by atoms with Crippen LogP contribution in [0.25, 0.3) is 11.1 Å². The summed E-state index contributed by atoms with van der Waals surface area (Å²) in [5.41, 5.74) is 0.553. The normalized spacial score (nSPS) is 14.9. The minimum absolute atomic E-state index is 0.00883. The Bertz CT molecular complexity index is 1850. The zero-order chi connectivity index (χ0) is 37.9. The van der Waals surface area contributed by atoms with E-state index in [0.29, 0.717) is 30.5 Å². The van der Waals surface area contributed by atoms with Crippen molar-refractivity contribution in [2.24, 2.45) is 10.9 Å². The Morgan fingerprint density at radius 2 is 1.65 bits per heavy atom. The van der Waals surface area contributed by atoms with E-state index < -0.39 is 64.8 Å². The molecule has 0 bridgehead atoms. The zero-order valence-corrected chi connectivity index (χ0v) is 30.1. The Kier molecular flexibility index (Phi) is 12.4. The first kappa shape index (κ1) is 39.6. The molecule has 2 atom stereocenters. The lowest BCUT2D eigenvalue weighted by Crippen LogP contribution is -2.32. The number of rotatable bonds is 14. The van der Waals surface area contributed by atoms with Gasteiger partial charge in [0.2, 0.25) is 0 Å². The van der Waals surface area contributed by atoms with Crippen LogP contribution in [0.4, 0.5) is 22.0 Å². The predicted octanol–water partition coefficient (Wildman–Crippen LogP) is 8.55. The number of carbonyl (C=O) groups excluding carboxylic acids is 1. The number of aliphatic carboxylic acids is 1. The first-order valence-electron chi connectivity index (χ1n) is 17.2. The Morgan fingerprint density at radius 1 is 1.02 bits per heavy atom. The number of halogens is 5. The van der Waals surface area contributed by atoms with Crippen LogP contribution in [0.1, 0.15) is 103 Å². The van der Waals surface area contributed by atoms with Crippen LogP contribution in [-0.4, -0.2) is 53.3 Å². The monoisotopic (exact) mass is 715 g/mol. The third-order valence-electron chi connectivity index (χ3n) is 9.27. The Morgan fingerprint density at radius 3 is 2.18 bits per heavy atom. The van der Waals surface area contributed by atoms with Crippen LogP contribution >= 0.6 is 0 Å². The number of carbonyl (C=O) groups is 2. The fourth-order valence-electron chi connectivity index (χ4n) is 6.71. The Hall–Kier alpha value is -4.19. The average Bonchev–Trinajstić information content (AvgIpc) is 3.86. The summed E-state index contributed by atoms with van der Waals surface area (Å²) in [6.45, 7) is 9.12. The molecular weight excluding hydrogens is 669 g/mol. The summed E-state index contributed by atoms with van der Waals surface area (Å²) >= 11 is 0. The lowest BCUT2D eigenvalue weighted by molar-refractivity contribution is -0.138. The number of hydrogen-bond donors (Lipinski definition) is 1. The van der Waals surface area contributed by atoms with Crippen LogP contribution in [0, 0.1) is 38.3 Å². The number of aryl methyl sites for hydroxylation is 4. The summed E-state index contributed by atoms with van der Waals surface area (Å²) in [5, 5.41) is 9.76. The number of nitrogens with zero attached hydrogens (tertiary/aromatic N) is 3. The Balaban J connectivity index is 1.79. The van der Waals surface area contributed by atoms with E-state index in [2.05, 4.69) is 4.99 Å². The van der Waals surface area contributed by atoms with Crippen molar-refractivity contribution >= 4 is 18.1 Å². The van der Waals surface area contributed by atoms with E-state index >= 15 is 8.78 Å². The number of pyridine rings is 1. The molecular formula is C39H46F5N3O4. The van der Waals surface area contributed by atoms with Crippen molar-refractivity contribution in [3.8, 4) is 11.1 Å². The second-order valence-corrected chi connectivity index (χ2v) is 14.4. The number of hydrogen-bond acceptors (Lipinski definition) is 4. The molecule has 276 valence electrons. The van der Waals surface area contributed by atoms with Gasteiger partial charge in [-0.05, 0) is 125 Å². The quantitative estimate of drug-likeness (QED) is 0.133. The third-order valence-corrected chi connectivity index (χ3v) is 9.27. The van der Waals surface area contributed by atoms with E-state index in [0.717, 1.165) is 46.5 Å². The van der Waals surface area contributed by atoms with Gasteiger partial charge in [-0.15, -0.1) is 0 Å². The smallest absolute Gasteiger partial charge is 0.416 e. The standard InChI is InChI=1S/C39H46F5N3O4/c1-21(2)13-31(47-20-26(9-8-12-46(6)7)30(18-32(47)48)39(42,43)44)38(51)45-19-28(17-33(49)50)35-36(40)24(5)16-29(37(35)41)34-22(3)14-27(15-23(34)4)25-10-11-25/h14-16,18-21,25,28,31H,8-13,17H2,1-7H3,(H,49,50). The number of alkyl halides is 3. The fourth-order valence-corrected chi connectivity index (χ4v) is 6.71. The van der Waals surface area contributed by atoms with E-state index in [1.54, 1.807) is 27.9 Å². The molecule has 4 rings (SSSR count). The molecule has 1 saturated carbocycles. The molecule has 2 unspecified atom stereocenters. The first-order chi connectivity index (χ1) is 23.8. The second-order valence-electron chi connectivity index (χ2n) is 14.4. The molecule has 2 aromatic carbocycles. The van der Waals surface area contributed by atoms with Gasteiger partial charge < -0.3 is 14.6 Å². The van der Waals surface area contributed by atoms with Gasteiger partial charge in [0.25, 0.3) is 11.5 Å². The molecule has 1 heterocycles. The number of aromatic nitrogens is 1. The summed E-state index contributed by atoms with van der Waals surface area (Å²) in [6.07, 6.45) is -1.20. The highest BCUT2D eigenvalue weighted by molar-refractivity contribution is 5.91. The molecule has 1 amide bonds. The van der Waals surface area contributed by atoms with Gasteiger partial charge in [-0.1, -0.05) is 26.0 Å². The number of aliphatic imine (C=N–C) groups is 1. The second kappa shape index (κ2) is 16.0. The number of carboxylic acids is 1.